The molecule has 0 radical (unpaired) electrons. The number of rotatable bonds is 3. The summed E-state index contributed by atoms with van der Waals surface area (Å²) in [5, 5.41) is 18.9. The van der Waals surface area contributed by atoms with Crippen molar-refractivity contribution in [3.05, 3.63) is 18.0 Å². The van der Waals surface area contributed by atoms with Crippen LogP contribution in [0.1, 0.15) is 38.1 Å². The van der Waals surface area contributed by atoms with Crippen molar-refractivity contribution in [2.24, 2.45) is 0 Å². The van der Waals surface area contributed by atoms with Crippen LogP contribution in [0.25, 0.3) is 0 Å². The molecule has 1 aromatic rings. The molecule has 0 aromatic carbocycles. The fraction of sp³-hybridized carbons (Fsp3) is 0.600. The summed E-state index contributed by atoms with van der Waals surface area (Å²) >= 11 is 0. The van der Waals surface area contributed by atoms with Crippen LogP contribution in [0.3, 0.4) is 0 Å². The molecule has 0 spiro atoms. The molecule has 15 heavy (non-hydrogen) atoms. The molecule has 0 fully saturated rings. The molecule has 1 aromatic heterocycles. The zero-order chi connectivity index (χ0) is 11.7. The zero-order valence-electron chi connectivity index (χ0n) is 9.46. The van der Waals surface area contributed by atoms with Crippen molar-refractivity contribution in [1.29, 1.82) is 0 Å². The molecule has 0 unspecified atom stereocenters. The largest absolute Gasteiger partial charge is 0.388 e. The normalized spacial score (nSPS) is 12.6. The third kappa shape index (κ3) is 2.56. The van der Waals surface area contributed by atoms with Crippen LogP contribution in [0.2, 0.25) is 0 Å². The first-order valence-electron chi connectivity index (χ1n) is 4.78. The Hall–Kier alpha value is -1.36. The van der Waals surface area contributed by atoms with Crippen LogP contribution in [-0.2, 0) is 0 Å². The molecule has 0 atom stereocenters. The lowest BCUT2D eigenvalue weighted by Gasteiger charge is -2.37. The van der Waals surface area contributed by atoms with Gasteiger partial charge in [-0.1, -0.05) is 0 Å². The second-order valence-electron chi connectivity index (χ2n) is 4.63. The zero-order valence-corrected chi connectivity index (χ0v) is 9.46. The number of aromatic nitrogens is 2. The van der Waals surface area contributed by atoms with Crippen molar-refractivity contribution in [3.8, 4) is 0 Å². The molecule has 0 saturated heterocycles. The molecule has 1 amide bonds. The summed E-state index contributed by atoms with van der Waals surface area (Å²) in [6.07, 6.45) is 2.95. The van der Waals surface area contributed by atoms with Crippen LogP contribution in [0.5, 0.6) is 0 Å². The van der Waals surface area contributed by atoms with E-state index in [2.05, 4.69) is 15.5 Å². The first kappa shape index (κ1) is 11.7. The summed E-state index contributed by atoms with van der Waals surface area (Å²) in [4.78, 5) is 11.7. The SMILES string of the molecule is CC(C)(O)C(C)(C)NC(=O)c1cn[nH]c1. The van der Waals surface area contributed by atoms with Gasteiger partial charge in [0.2, 0.25) is 0 Å². The van der Waals surface area contributed by atoms with Crippen molar-refractivity contribution in [2.45, 2.75) is 38.8 Å². The van der Waals surface area contributed by atoms with Gasteiger partial charge in [0.05, 0.1) is 22.9 Å². The van der Waals surface area contributed by atoms with Gasteiger partial charge in [0.15, 0.2) is 0 Å². The van der Waals surface area contributed by atoms with E-state index in [1.165, 1.54) is 12.4 Å². The predicted octanol–water partition coefficient (Wildman–Crippen LogP) is 0.689. The molecule has 5 nitrogen and oxygen atoms in total. The third-order valence-electron chi connectivity index (χ3n) is 2.72. The van der Waals surface area contributed by atoms with Crippen LogP contribution >= 0.6 is 0 Å². The van der Waals surface area contributed by atoms with Gasteiger partial charge in [-0.05, 0) is 27.7 Å². The number of aromatic amines is 1. The van der Waals surface area contributed by atoms with E-state index in [0.717, 1.165) is 0 Å². The molecule has 1 rings (SSSR count). The lowest BCUT2D eigenvalue weighted by molar-refractivity contribution is -0.00292. The molecule has 0 saturated carbocycles. The van der Waals surface area contributed by atoms with E-state index in [0.29, 0.717) is 5.56 Å². The Morgan fingerprint density at radius 3 is 2.47 bits per heavy atom. The number of aliphatic hydroxyl groups is 1. The summed E-state index contributed by atoms with van der Waals surface area (Å²) in [7, 11) is 0. The number of carbonyl (C=O) groups excluding carboxylic acids is 1. The van der Waals surface area contributed by atoms with E-state index in [9.17, 15) is 9.90 Å². The lowest BCUT2D eigenvalue weighted by Crippen LogP contribution is -2.57. The highest BCUT2D eigenvalue weighted by Crippen LogP contribution is 2.20. The highest BCUT2D eigenvalue weighted by atomic mass is 16.3. The van der Waals surface area contributed by atoms with Gasteiger partial charge < -0.3 is 10.4 Å². The molecular weight excluding hydrogens is 194 g/mol. The number of carbonyl (C=O) groups is 1. The minimum absolute atomic E-state index is 0.254. The number of nitrogens with zero attached hydrogens (tertiary/aromatic N) is 1. The van der Waals surface area contributed by atoms with Crippen molar-refractivity contribution in [3.63, 3.8) is 0 Å². The maximum Gasteiger partial charge on any atom is 0.254 e. The average Bonchev–Trinajstić information content (AvgIpc) is 2.51. The molecular formula is C10H17N3O2. The molecule has 0 aliphatic carbocycles. The van der Waals surface area contributed by atoms with Crippen molar-refractivity contribution < 1.29 is 9.90 Å². The van der Waals surface area contributed by atoms with Crippen molar-refractivity contribution in [1.82, 2.24) is 15.5 Å². The van der Waals surface area contributed by atoms with Gasteiger partial charge in [0.25, 0.3) is 5.91 Å². The van der Waals surface area contributed by atoms with Crippen molar-refractivity contribution in [2.75, 3.05) is 0 Å². The Balaban J connectivity index is 2.75. The van der Waals surface area contributed by atoms with E-state index < -0.39 is 11.1 Å². The predicted molar refractivity (Wildman–Crippen MR) is 56.4 cm³/mol. The monoisotopic (exact) mass is 211 g/mol. The fourth-order valence-electron chi connectivity index (χ4n) is 0.884. The Labute approximate surface area is 88.9 Å². The Morgan fingerprint density at radius 1 is 1.47 bits per heavy atom. The Morgan fingerprint density at radius 2 is 2.07 bits per heavy atom. The summed E-state index contributed by atoms with van der Waals surface area (Å²) < 4.78 is 0. The van der Waals surface area contributed by atoms with Crippen LogP contribution in [-0.4, -0.2) is 32.4 Å². The van der Waals surface area contributed by atoms with Gasteiger partial charge >= 0.3 is 0 Å². The van der Waals surface area contributed by atoms with Gasteiger partial charge in [-0.25, -0.2) is 0 Å². The molecule has 0 aliphatic heterocycles. The van der Waals surface area contributed by atoms with Gasteiger partial charge in [0.1, 0.15) is 0 Å². The van der Waals surface area contributed by atoms with Crippen LogP contribution in [0.4, 0.5) is 0 Å². The molecule has 0 aliphatic rings. The van der Waals surface area contributed by atoms with Crippen LogP contribution < -0.4 is 5.32 Å². The van der Waals surface area contributed by atoms with Gasteiger partial charge in [-0.15, -0.1) is 0 Å². The number of H-pyrrole nitrogens is 1. The summed E-state index contributed by atoms with van der Waals surface area (Å²) in [6.45, 7) is 6.85. The minimum atomic E-state index is -0.994. The van der Waals surface area contributed by atoms with E-state index in [1.807, 2.05) is 0 Å². The number of hydrogen-bond donors (Lipinski definition) is 3. The first-order chi connectivity index (χ1) is 6.74. The highest BCUT2D eigenvalue weighted by Gasteiger charge is 2.36. The quantitative estimate of drug-likeness (QED) is 0.688. The standard InChI is InChI=1S/C10H17N3O2/c1-9(2,10(3,4)15)13-8(14)7-5-11-12-6-7/h5-6,15H,1-4H3,(H,11,12)(H,13,14). The Bertz CT molecular complexity index is 336. The molecule has 3 N–H and O–H groups in total. The third-order valence-corrected chi connectivity index (χ3v) is 2.72. The van der Waals surface area contributed by atoms with E-state index >= 15 is 0 Å². The molecule has 5 heteroatoms. The summed E-state index contributed by atoms with van der Waals surface area (Å²) in [5.41, 5.74) is -1.25. The fourth-order valence-corrected chi connectivity index (χ4v) is 0.884. The molecule has 84 valence electrons. The van der Waals surface area contributed by atoms with E-state index in [1.54, 1.807) is 27.7 Å². The van der Waals surface area contributed by atoms with Gasteiger partial charge in [-0.3, -0.25) is 9.89 Å². The smallest absolute Gasteiger partial charge is 0.254 e. The topological polar surface area (TPSA) is 78.0 Å². The number of amides is 1. The summed E-state index contributed by atoms with van der Waals surface area (Å²) in [5.74, 6) is -0.254. The second-order valence-corrected chi connectivity index (χ2v) is 4.63. The van der Waals surface area contributed by atoms with E-state index in [-0.39, 0.29) is 5.91 Å². The maximum absolute atomic E-state index is 11.7. The van der Waals surface area contributed by atoms with Crippen molar-refractivity contribution >= 4 is 5.91 Å². The van der Waals surface area contributed by atoms with Crippen LogP contribution in [0, 0.1) is 0 Å². The number of nitrogens with one attached hydrogen (secondary N) is 2. The minimum Gasteiger partial charge on any atom is -0.388 e. The van der Waals surface area contributed by atoms with Crippen LogP contribution in [0.15, 0.2) is 12.4 Å². The molecule has 1 heterocycles. The summed E-state index contributed by atoms with van der Waals surface area (Å²) in [6, 6.07) is 0. The molecule has 0 bridgehead atoms. The lowest BCUT2D eigenvalue weighted by atomic mass is 9.86. The van der Waals surface area contributed by atoms with Gasteiger partial charge in [0, 0.05) is 6.20 Å². The average molecular weight is 211 g/mol. The Kier molecular flexibility index (Phi) is 2.86. The first-order valence-corrected chi connectivity index (χ1v) is 4.78. The second kappa shape index (κ2) is 3.66. The highest BCUT2D eigenvalue weighted by molar-refractivity contribution is 5.94. The number of hydrogen-bond acceptors (Lipinski definition) is 3. The van der Waals surface area contributed by atoms with Gasteiger partial charge in [-0.2, -0.15) is 5.10 Å². The maximum atomic E-state index is 11.7. The van der Waals surface area contributed by atoms with E-state index in [4.69, 9.17) is 0 Å².